The summed E-state index contributed by atoms with van der Waals surface area (Å²) in [6, 6.07) is 13.8. The Hall–Kier alpha value is -2.08. The average molecular weight is 435 g/mol. The fraction of sp³-hybridized carbons (Fsp3) is 0.364. The Kier molecular flexibility index (Phi) is 7.17. The fourth-order valence-corrected chi connectivity index (χ4v) is 3.88. The summed E-state index contributed by atoms with van der Waals surface area (Å²) in [6.45, 7) is 3.39. The lowest BCUT2D eigenvalue weighted by atomic mass is 9.74. The van der Waals surface area contributed by atoms with E-state index in [1.54, 1.807) is 31.2 Å². The third kappa shape index (κ3) is 5.30. The Morgan fingerprint density at radius 1 is 1.07 bits per heavy atom. The molecule has 2 amide bonds. The van der Waals surface area contributed by atoms with Crippen molar-refractivity contribution in [2.45, 2.75) is 31.2 Å². The summed E-state index contributed by atoms with van der Waals surface area (Å²) in [5.74, 6) is -0.623. The highest BCUT2D eigenvalue weighted by Gasteiger charge is 2.35. The lowest BCUT2D eigenvalue weighted by Crippen LogP contribution is -2.50. The molecule has 5 nitrogen and oxygen atoms in total. The van der Waals surface area contributed by atoms with E-state index in [1.807, 2.05) is 24.3 Å². The summed E-state index contributed by atoms with van der Waals surface area (Å²) < 4.78 is 5.53. The van der Waals surface area contributed by atoms with Crippen molar-refractivity contribution in [3.8, 4) is 0 Å². The minimum atomic E-state index is -0.694. The molecule has 1 saturated heterocycles. The molecule has 7 heteroatoms. The van der Waals surface area contributed by atoms with Gasteiger partial charge in [0, 0.05) is 30.2 Å². The molecule has 0 spiro atoms. The number of hydrogen-bond acceptors (Lipinski definition) is 3. The molecule has 1 heterocycles. The van der Waals surface area contributed by atoms with E-state index in [9.17, 15) is 9.59 Å². The van der Waals surface area contributed by atoms with E-state index in [2.05, 4.69) is 10.6 Å². The third-order valence-electron chi connectivity index (χ3n) is 5.37. The van der Waals surface area contributed by atoms with E-state index in [0.29, 0.717) is 35.4 Å². The Morgan fingerprint density at radius 2 is 1.72 bits per heavy atom. The van der Waals surface area contributed by atoms with Crippen molar-refractivity contribution < 1.29 is 14.3 Å². The number of ether oxygens (including phenoxy) is 1. The highest BCUT2D eigenvalue weighted by Crippen LogP contribution is 2.35. The van der Waals surface area contributed by atoms with Gasteiger partial charge in [0.15, 0.2) is 0 Å². The second-order valence-corrected chi connectivity index (χ2v) is 8.14. The first-order valence-corrected chi connectivity index (χ1v) is 10.3. The van der Waals surface area contributed by atoms with Crippen molar-refractivity contribution in [2.75, 3.05) is 19.8 Å². The van der Waals surface area contributed by atoms with Gasteiger partial charge < -0.3 is 15.4 Å². The van der Waals surface area contributed by atoms with Crippen molar-refractivity contribution >= 4 is 35.0 Å². The number of carbonyl (C=O) groups excluding carboxylic acids is 2. The number of carbonyl (C=O) groups is 2. The van der Waals surface area contributed by atoms with Gasteiger partial charge in [0.25, 0.3) is 5.91 Å². The first kappa shape index (κ1) is 21.6. The molecule has 2 N–H and O–H groups in total. The zero-order valence-corrected chi connectivity index (χ0v) is 17.7. The van der Waals surface area contributed by atoms with Crippen LogP contribution in [0.25, 0.3) is 0 Å². The van der Waals surface area contributed by atoms with E-state index in [1.165, 1.54) is 0 Å². The molecular weight excluding hydrogens is 411 g/mol. The molecule has 1 atom stereocenters. The molecule has 0 bridgehead atoms. The first-order valence-electron chi connectivity index (χ1n) is 9.58. The maximum atomic E-state index is 12.7. The molecule has 0 aliphatic carbocycles. The molecule has 3 rings (SSSR count). The maximum Gasteiger partial charge on any atom is 0.253 e. The van der Waals surface area contributed by atoms with E-state index >= 15 is 0 Å². The summed E-state index contributed by atoms with van der Waals surface area (Å²) in [7, 11) is 0. The lowest BCUT2D eigenvalue weighted by molar-refractivity contribution is -0.123. The van der Waals surface area contributed by atoms with Crippen molar-refractivity contribution in [1.82, 2.24) is 10.6 Å². The van der Waals surface area contributed by atoms with Gasteiger partial charge in [-0.2, -0.15) is 0 Å². The zero-order valence-electron chi connectivity index (χ0n) is 16.2. The van der Waals surface area contributed by atoms with Crippen LogP contribution < -0.4 is 10.6 Å². The van der Waals surface area contributed by atoms with Gasteiger partial charge in [-0.15, -0.1) is 0 Å². The Morgan fingerprint density at radius 3 is 2.38 bits per heavy atom. The van der Waals surface area contributed by atoms with Crippen LogP contribution in [0.4, 0.5) is 0 Å². The van der Waals surface area contributed by atoms with Crippen LogP contribution in [0.15, 0.2) is 48.5 Å². The Labute approximate surface area is 180 Å². The minimum Gasteiger partial charge on any atom is -0.381 e. The minimum absolute atomic E-state index is 0.217. The topological polar surface area (TPSA) is 67.4 Å². The van der Waals surface area contributed by atoms with Crippen LogP contribution in [0, 0.1) is 0 Å². The van der Waals surface area contributed by atoms with Crippen LogP contribution in [0.1, 0.15) is 35.7 Å². The number of hydrogen-bond donors (Lipinski definition) is 2. The third-order valence-corrected chi connectivity index (χ3v) is 5.95. The SMILES string of the molecule is CC(NC(=O)c1ccccc1Cl)C(=O)NCC1(c2ccc(Cl)cc2)CCOCC1. The molecule has 1 aliphatic rings. The van der Waals surface area contributed by atoms with Crippen LogP contribution in [0.3, 0.4) is 0 Å². The molecule has 1 unspecified atom stereocenters. The summed E-state index contributed by atoms with van der Waals surface area (Å²) in [4.78, 5) is 25.1. The summed E-state index contributed by atoms with van der Waals surface area (Å²) in [5, 5.41) is 6.73. The number of rotatable bonds is 6. The normalized spacial score (nSPS) is 16.7. The van der Waals surface area contributed by atoms with E-state index < -0.39 is 6.04 Å². The van der Waals surface area contributed by atoms with Crippen molar-refractivity contribution in [2.24, 2.45) is 0 Å². The van der Waals surface area contributed by atoms with Crippen LogP contribution in [-0.2, 0) is 14.9 Å². The standard InChI is InChI=1S/C22H24Cl2N2O3/c1-15(26-21(28)18-4-2-3-5-19(18)24)20(27)25-14-22(10-12-29-13-11-22)16-6-8-17(23)9-7-16/h2-9,15H,10-14H2,1H3,(H,25,27)(H,26,28). The van der Waals surface area contributed by atoms with Crippen molar-refractivity contribution in [1.29, 1.82) is 0 Å². The quantitative estimate of drug-likeness (QED) is 0.722. The molecule has 1 fully saturated rings. The summed E-state index contributed by atoms with van der Waals surface area (Å²) in [5.41, 5.74) is 1.25. The molecule has 0 aromatic heterocycles. The van der Waals surface area contributed by atoms with Crippen LogP contribution in [-0.4, -0.2) is 37.6 Å². The second kappa shape index (κ2) is 9.61. The van der Waals surface area contributed by atoms with Crippen molar-refractivity contribution in [3.63, 3.8) is 0 Å². The second-order valence-electron chi connectivity index (χ2n) is 7.29. The predicted molar refractivity (Wildman–Crippen MR) is 115 cm³/mol. The van der Waals surface area contributed by atoms with Gasteiger partial charge in [0.1, 0.15) is 6.04 Å². The Bertz CT molecular complexity index is 865. The van der Waals surface area contributed by atoms with Crippen LogP contribution >= 0.6 is 23.2 Å². The molecule has 0 radical (unpaired) electrons. The zero-order chi connectivity index (χ0) is 20.9. The van der Waals surface area contributed by atoms with Gasteiger partial charge in [-0.25, -0.2) is 0 Å². The maximum absolute atomic E-state index is 12.7. The van der Waals surface area contributed by atoms with Crippen LogP contribution in [0.5, 0.6) is 0 Å². The van der Waals surface area contributed by atoms with E-state index in [0.717, 1.165) is 18.4 Å². The fourth-order valence-electron chi connectivity index (χ4n) is 3.53. The molecule has 29 heavy (non-hydrogen) atoms. The lowest BCUT2D eigenvalue weighted by Gasteiger charge is -2.38. The molecular formula is C22H24Cl2N2O3. The monoisotopic (exact) mass is 434 g/mol. The highest BCUT2D eigenvalue weighted by atomic mass is 35.5. The smallest absolute Gasteiger partial charge is 0.253 e. The summed E-state index contributed by atoms with van der Waals surface area (Å²) in [6.07, 6.45) is 1.60. The number of amides is 2. The predicted octanol–water partition coefficient (Wildman–Crippen LogP) is 3.98. The Balaban J connectivity index is 1.64. The summed E-state index contributed by atoms with van der Waals surface area (Å²) >= 11 is 12.1. The average Bonchev–Trinajstić information content (AvgIpc) is 2.73. The van der Waals surface area contributed by atoms with Gasteiger partial charge in [-0.05, 0) is 49.6 Å². The van der Waals surface area contributed by atoms with Gasteiger partial charge in [-0.3, -0.25) is 9.59 Å². The van der Waals surface area contributed by atoms with E-state index in [-0.39, 0.29) is 17.2 Å². The molecule has 2 aromatic carbocycles. The van der Waals surface area contributed by atoms with Crippen LogP contribution in [0.2, 0.25) is 10.0 Å². The number of nitrogens with one attached hydrogen (secondary N) is 2. The molecule has 2 aromatic rings. The highest BCUT2D eigenvalue weighted by molar-refractivity contribution is 6.33. The largest absolute Gasteiger partial charge is 0.381 e. The van der Waals surface area contributed by atoms with Gasteiger partial charge >= 0.3 is 0 Å². The number of halogens is 2. The molecule has 0 saturated carbocycles. The van der Waals surface area contributed by atoms with Gasteiger partial charge in [-0.1, -0.05) is 47.5 Å². The molecule has 154 valence electrons. The van der Waals surface area contributed by atoms with Crippen molar-refractivity contribution in [3.05, 3.63) is 69.7 Å². The van der Waals surface area contributed by atoms with E-state index in [4.69, 9.17) is 27.9 Å². The first-order chi connectivity index (χ1) is 13.9. The van der Waals surface area contributed by atoms with Gasteiger partial charge in [0.05, 0.1) is 10.6 Å². The van der Waals surface area contributed by atoms with Gasteiger partial charge in [0.2, 0.25) is 5.91 Å². The molecule has 1 aliphatic heterocycles. The number of benzene rings is 2.